The van der Waals surface area contributed by atoms with Crippen LogP contribution in [0.5, 0.6) is 17.2 Å². The molecule has 0 heterocycles. The molecule has 140 valence electrons. The van der Waals surface area contributed by atoms with Crippen LogP contribution >= 0.6 is 15.9 Å². The summed E-state index contributed by atoms with van der Waals surface area (Å²) in [5.74, 6) is 0.832. The number of hydrogen-bond donors (Lipinski definition) is 1. The van der Waals surface area contributed by atoms with Gasteiger partial charge in [-0.3, -0.25) is 4.79 Å². The van der Waals surface area contributed by atoms with Crippen LogP contribution in [0.1, 0.15) is 23.7 Å². The number of hydrogen-bond acceptors (Lipinski definition) is 4. The zero-order valence-electron chi connectivity index (χ0n) is 14.7. The molecule has 0 unspecified atom stereocenters. The van der Waals surface area contributed by atoms with Gasteiger partial charge < -0.3 is 19.5 Å². The van der Waals surface area contributed by atoms with Gasteiger partial charge in [0.25, 0.3) is 5.91 Å². The Morgan fingerprint density at radius 3 is 2.69 bits per heavy atom. The summed E-state index contributed by atoms with van der Waals surface area (Å²) >= 11 is 3.41. The Kier molecular flexibility index (Phi) is 7.72. The molecule has 7 heteroatoms. The van der Waals surface area contributed by atoms with Crippen molar-refractivity contribution in [3.8, 4) is 17.2 Å². The molecule has 2 aromatic carbocycles. The standard InChI is InChI=1S/C19H21BrFNO4/c1-3-8-26-18-16(20)10-13(11-17(18)24-2)19(23)22-7-9-25-15-6-4-5-14(21)12-15/h4-6,10-12H,3,7-9H2,1-2H3,(H,22,23). The topological polar surface area (TPSA) is 56.8 Å². The lowest BCUT2D eigenvalue weighted by molar-refractivity contribution is 0.0946. The lowest BCUT2D eigenvalue weighted by atomic mass is 10.2. The molecule has 0 saturated heterocycles. The van der Waals surface area contributed by atoms with Crippen LogP contribution in [-0.2, 0) is 0 Å². The van der Waals surface area contributed by atoms with Crippen molar-refractivity contribution in [2.45, 2.75) is 13.3 Å². The number of nitrogens with one attached hydrogen (secondary N) is 1. The summed E-state index contributed by atoms with van der Waals surface area (Å²) in [5, 5.41) is 2.75. The number of ether oxygens (including phenoxy) is 3. The van der Waals surface area contributed by atoms with E-state index in [0.717, 1.165) is 6.42 Å². The minimum Gasteiger partial charge on any atom is -0.493 e. The van der Waals surface area contributed by atoms with Crippen molar-refractivity contribution >= 4 is 21.8 Å². The van der Waals surface area contributed by atoms with Gasteiger partial charge in [-0.1, -0.05) is 13.0 Å². The highest BCUT2D eigenvalue weighted by Gasteiger charge is 2.15. The van der Waals surface area contributed by atoms with Gasteiger partial charge in [-0.25, -0.2) is 4.39 Å². The fourth-order valence-electron chi connectivity index (χ4n) is 2.19. The summed E-state index contributed by atoms with van der Waals surface area (Å²) in [7, 11) is 1.52. The zero-order valence-corrected chi connectivity index (χ0v) is 16.3. The zero-order chi connectivity index (χ0) is 18.9. The number of methoxy groups -OCH3 is 1. The third-order valence-corrected chi connectivity index (χ3v) is 3.98. The van der Waals surface area contributed by atoms with Crippen molar-refractivity contribution in [2.75, 3.05) is 26.9 Å². The molecule has 0 aliphatic rings. The lowest BCUT2D eigenvalue weighted by Crippen LogP contribution is -2.28. The average Bonchev–Trinajstić information content (AvgIpc) is 2.63. The maximum absolute atomic E-state index is 13.1. The normalized spacial score (nSPS) is 10.3. The monoisotopic (exact) mass is 425 g/mol. The number of carbonyl (C=O) groups excluding carboxylic acids is 1. The van der Waals surface area contributed by atoms with Gasteiger partial charge in [-0.05, 0) is 46.6 Å². The van der Waals surface area contributed by atoms with E-state index >= 15 is 0 Å². The van der Waals surface area contributed by atoms with Crippen LogP contribution in [0.15, 0.2) is 40.9 Å². The Morgan fingerprint density at radius 2 is 2.00 bits per heavy atom. The summed E-state index contributed by atoms with van der Waals surface area (Å²) in [5.41, 5.74) is 0.434. The highest BCUT2D eigenvalue weighted by Crippen LogP contribution is 2.36. The van der Waals surface area contributed by atoms with Gasteiger partial charge in [-0.15, -0.1) is 0 Å². The summed E-state index contributed by atoms with van der Waals surface area (Å²) in [4.78, 5) is 12.3. The Labute approximate surface area is 160 Å². The highest BCUT2D eigenvalue weighted by molar-refractivity contribution is 9.10. The number of rotatable bonds is 9. The van der Waals surface area contributed by atoms with E-state index in [1.807, 2.05) is 6.92 Å². The van der Waals surface area contributed by atoms with Gasteiger partial charge in [0.2, 0.25) is 0 Å². The number of amides is 1. The fraction of sp³-hybridized carbons (Fsp3) is 0.316. The predicted molar refractivity (Wildman–Crippen MR) is 101 cm³/mol. The molecule has 0 spiro atoms. The maximum Gasteiger partial charge on any atom is 0.251 e. The molecule has 0 bridgehead atoms. The van der Waals surface area contributed by atoms with Crippen LogP contribution in [0.3, 0.4) is 0 Å². The Hall–Kier alpha value is -2.28. The molecule has 2 aromatic rings. The number of halogens is 2. The first-order valence-corrected chi connectivity index (χ1v) is 9.01. The smallest absolute Gasteiger partial charge is 0.251 e. The first-order chi connectivity index (χ1) is 12.5. The molecule has 2 rings (SSSR count). The lowest BCUT2D eigenvalue weighted by Gasteiger charge is -2.14. The van der Waals surface area contributed by atoms with Crippen molar-refractivity contribution < 1.29 is 23.4 Å². The summed E-state index contributed by atoms with van der Waals surface area (Å²) in [6.07, 6.45) is 0.864. The Balaban J connectivity index is 1.93. The summed E-state index contributed by atoms with van der Waals surface area (Å²) in [6.45, 7) is 3.07. The third kappa shape index (κ3) is 5.62. The maximum atomic E-state index is 13.1. The molecular weight excluding hydrogens is 405 g/mol. The number of benzene rings is 2. The second kappa shape index (κ2) is 10.0. The molecule has 0 aromatic heterocycles. The van der Waals surface area contributed by atoms with Gasteiger partial charge in [-0.2, -0.15) is 0 Å². The van der Waals surface area contributed by atoms with Crippen molar-refractivity contribution in [2.24, 2.45) is 0 Å². The Bertz CT molecular complexity index is 754. The first kappa shape index (κ1) is 20.0. The minimum atomic E-state index is -0.367. The van der Waals surface area contributed by atoms with Crippen LogP contribution in [0.2, 0.25) is 0 Å². The van der Waals surface area contributed by atoms with Crippen LogP contribution in [0.25, 0.3) is 0 Å². The average molecular weight is 426 g/mol. The van der Waals surface area contributed by atoms with E-state index in [1.165, 1.54) is 19.2 Å². The third-order valence-electron chi connectivity index (χ3n) is 3.39. The van der Waals surface area contributed by atoms with Crippen LogP contribution in [0, 0.1) is 5.82 Å². The molecule has 0 aliphatic carbocycles. The van der Waals surface area contributed by atoms with Gasteiger partial charge in [0, 0.05) is 11.6 Å². The molecule has 0 saturated carbocycles. The predicted octanol–water partition coefficient (Wildman–Crippen LogP) is 4.19. The minimum absolute atomic E-state index is 0.227. The van der Waals surface area contributed by atoms with Crippen molar-refractivity contribution in [1.82, 2.24) is 5.32 Å². The van der Waals surface area contributed by atoms with E-state index in [-0.39, 0.29) is 24.9 Å². The van der Waals surface area contributed by atoms with E-state index in [2.05, 4.69) is 21.2 Å². The van der Waals surface area contributed by atoms with E-state index in [9.17, 15) is 9.18 Å². The molecule has 0 fully saturated rings. The van der Waals surface area contributed by atoms with Gasteiger partial charge >= 0.3 is 0 Å². The first-order valence-electron chi connectivity index (χ1n) is 8.22. The van der Waals surface area contributed by atoms with E-state index in [0.29, 0.717) is 33.9 Å². The quantitative estimate of drug-likeness (QED) is 0.611. The van der Waals surface area contributed by atoms with Crippen molar-refractivity contribution in [3.05, 3.63) is 52.3 Å². The number of carbonyl (C=O) groups is 1. The van der Waals surface area contributed by atoms with Gasteiger partial charge in [0.15, 0.2) is 11.5 Å². The molecule has 0 aliphatic heterocycles. The van der Waals surface area contributed by atoms with Crippen LogP contribution in [0.4, 0.5) is 4.39 Å². The molecule has 5 nitrogen and oxygen atoms in total. The van der Waals surface area contributed by atoms with E-state index < -0.39 is 0 Å². The van der Waals surface area contributed by atoms with Crippen LogP contribution < -0.4 is 19.5 Å². The second-order valence-electron chi connectivity index (χ2n) is 5.40. The molecule has 0 atom stereocenters. The van der Waals surface area contributed by atoms with E-state index in [1.54, 1.807) is 24.3 Å². The van der Waals surface area contributed by atoms with Crippen LogP contribution in [-0.4, -0.2) is 32.8 Å². The molecule has 1 amide bonds. The van der Waals surface area contributed by atoms with Gasteiger partial charge in [0.05, 0.1) is 24.7 Å². The molecular formula is C19H21BrFNO4. The van der Waals surface area contributed by atoms with Crippen molar-refractivity contribution in [3.63, 3.8) is 0 Å². The SMILES string of the molecule is CCCOc1c(Br)cc(C(=O)NCCOc2cccc(F)c2)cc1OC. The fourth-order valence-corrected chi connectivity index (χ4v) is 2.74. The Morgan fingerprint density at radius 1 is 1.19 bits per heavy atom. The van der Waals surface area contributed by atoms with Crippen molar-refractivity contribution in [1.29, 1.82) is 0 Å². The summed E-state index contributed by atoms with van der Waals surface area (Å²) in [6, 6.07) is 9.15. The van der Waals surface area contributed by atoms with E-state index in [4.69, 9.17) is 14.2 Å². The molecule has 0 radical (unpaired) electrons. The summed E-state index contributed by atoms with van der Waals surface area (Å²) < 4.78 is 30.1. The molecule has 1 N–H and O–H groups in total. The van der Waals surface area contributed by atoms with Gasteiger partial charge in [0.1, 0.15) is 18.2 Å². The highest BCUT2D eigenvalue weighted by atomic mass is 79.9. The largest absolute Gasteiger partial charge is 0.493 e. The second-order valence-corrected chi connectivity index (χ2v) is 6.25. The molecule has 26 heavy (non-hydrogen) atoms.